The maximum atomic E-state index is 12.9. The number of rotatable bonds is 8. The van der Waals surface area contributed by atoms with Crippen molar-refractivity contribution in [3.05, 3.63) is 42.7 Å². The molecule has 1 atom stereocenters. The fourth-order valence-corrected chi connectivity index (χ4v) is 3.81. The molecule has 0 aliphatic carbocycles. The molecule has 1 amide bonds. The Morgan fingerprint density at radius 2 is 1.96 bits per heavy atom. The van der Waals surface area contributed by atoms with E-state index in [2.05, 4.69) is 10.4 Å². The van der Waals surface area contributed by atoms with Crippen molar-refractivity contribution in [2.24, 2.45) is 0 Å². The molecule has 0 saturated carbocycles. The summed E-state index contributed by atoms with van der Waals surface area (Å²) in [5.41, 5.74) is 0.671. The molecular weight excluding hydrogens is 360 g/mol. The van der Waals surface area contributed by atoms with Gasteiger partial charge in [0.15, 0.2) is 0 Å². The Bertz CT molecular complexity index is 879. The van der Waals surface area contributed by atoms with Crippen molar-refractivity contribution in [3.63, 3.8) is 0 Å². The van der Waals surface area contributed by atoms with Gasteiger partial charge in [-0.05, 0) is 19.1 Å². The van der Waals surface area contributed by atoms with Crippen LogP contribution in [-0.2, 0) is 19.6 Å². The van der Waals surface area contributed by atoms with E-state index < -0.39 is 22.0 Å². The minimum Gasteiger partial charge on any atom is -0.480 e. The zero-order valence-electron chi connectivity index (χ0n) is 14.4. The Kier molecular flexibility index (Phi) is 6.11. The first-order valence-electron chi connectivity index (χ1n) is 7.82. The van der Waals surface area contributed by atoms with Crippen LogP contribution in [0, 0.1) is 0 Å². The number of aromatic nitrogens is 2. The standard InChI is InChI=1S/C16H20N4O5S/c1-12(16(22)23)20(9-8-17-13(2)21)26(24,25)15-10-18-19(11-15)14-6-4-3-5-7-14/h3-7,10-12H,8-9H2,1-2H3,(H,17,21)(H,22,23). The average molecular weight is 380 g/mol. The van der Waals surface area contributed by atoms with Crippen LogP contribution in [0.5, 0.6) is 0 Å². The van der Waals surface area contributed by atoms with Crippen molar-refractivity contribution in [2.45, 2.75) is 24.8 Å². The van der Waals surface area contributed by atoms with Crippen molar-refractivity contribution in [1.29, 1.82) is 0 Å². The first kappa shape index (κ1) is 19.6. The Morgan fingerprint density at radius 1 is 1.31 bits per heavy atom. The van der Waals surface area contributed by atoms with Crippen molar-refractivity contribution in [2.75, 3.05) is 13.1 Å². The van der Waals surface area contributed by atoms with Crippen LogP contribution in [0.25, 0.3) is 5.69 Å². The van der Waals surface area contributed by atoms with Gasteiger partial charge in [0.25, 0.3) is 0 Å². The van der Waals surface area contributed by atoms with E-state index in [0.717, 1.165) is 4.31 Å². The third-order valence-corrected chi connectivity index (χ3v) is 5.60. The summed E-state index contributed by atoms with van der Waals surface area (Å²) in [6.07, 6.45) is 2.49. The molecule has 9 nitrogen and oxygen atoms in total. The van der Waals surface area contributed by atoms with E-state index in [1.165, 1.54) is 30.9 Å². The van der Waals surface area contributed by atoms with E-state index in [0.29, 0.717) is 5.69 Å². The highest BCUT2D eigenvalue weighted by Crippen LogP contribution is 2.19. The molecule has 0 aliphatic rings. The summed E-state index contributed by atoms with van der Waals surface area (Å²) >= 11 is 0. The zero-order valence-corrected chi connectivity index (χ0v) is 15.2. The lowest BCUT2D eigenvalue weighted by Crippen LogP contribution is -2.46. The van der Waals surface area contributed by atoms with Crippen LogP contribution < -0.4 is 5.32 Å². The second-order valence-corrected chi connectivity index (χ2v) is 7.46. The number of carbonyl (C=O) groups is 2. The molecule has 1 heterocycles. The lowest BCUT2D eigenvalue weighted by atomic mass is 10.3. The number of hydrogen-bond acceptors (Lipinski definition) is 5. The van der Waals surface area contributed by atoms with E-state index >= 15 is 0 Å². The Morgan fingerprint density at radius 3 is 2.54 bits per heavy atom. The number of carboxylic acid groups (broad SMARTS) is 1. The number of hydrogen-bond donors (Lipinski definition) is 2. The van der Waals surface area contributed by atoms with E-state index in [1.807, 2.05) is 6.07 Å². The maximum Gasteiger partial charge on any atom is 0.321 e. The summed E-state index contributed by atoms with van der Waals surface area (Å²) < 4.78 is 28.0. The average Bonchev–Trinajstić information content (AvgIpc) is 3.09. The number of carbonyl (C=O) groups excluding carboxylic acids is 1. The summed E-state index contributed by atoms with van der Waals surface area (Å²) in [6, 6.07) is 7.63. The lowest BCUT2D eigenvalue weighted by molar-refractivity contribution is -0.140. The first-order valence-corrected chi connectivity index (χ1v) is 9.26. The third-order valence-electron chi connectivity index (χ3n) is 3.68. The largest absolute Gasteiger partial charge is 0.480 e. The van der Waals surface area contributed by atoms with Crippen LogP contribution in [0.4, 0.5) is 0 Å². The molecule has 0 radical (unpaired) electrons. The van der Waals surface area contributed by atoms with E-state index in [-0.39, 0.29) is 23.9 Å². The molecule has 0 aliphatic heterocycles. The lowest BCUT2D eigenvalue weighted by Gasteiger charge is -2.25. The van der Waals surface area contributed by atoms with Gasteiger partial charge in [-0.25, -0.2) is 13.1 Å². The number of aliphatic carboxylic acids is 1. The Labute approximate surface area is 151 Å². The molecule has 2 aromatic rings. The predicted octanol–water partition coefficient (Wildman–Crippen LogP) is 0.472. The molecule has 10 heteroatoms. The summed E-state index contributed by atoms with van der Waals surface area (Å²) in [5, 5.41) is 15.7. The van der Waals surface area contributed by atoms with Crippen LogP contribution in [0.15, 0.2) is 47.6 Å². The highest BCUT2D eigenvalue weighted by atomic mass is 32.2. The second kappa shape index (κ2) is 8.11. The molecule has 140 valence electrons. The van der Waals surface area contributed by atoms with Gasteiger partial charge in [-0.3, -0.25) is 9.59 Å². The minimum absolute atomic E-state index is 0.000986. The van der Waals surface area contributed by atoms with Gasteiger partial charge in [-0.15, -0.1) is 0 Å². The van der Waals surface area contributed by atoms with E-state index in [9.17, 15) is 23.1 Å². The smallest absolute Gasteiger partial charge is 0.321 e. The molecule has 0 fully saturated rings. The molecule has 1 aromatic carbocycles. The predicted molar refractivity (Wildman–Crippen MR) is 93.2 cm³/mol. The first-order chi connectivity index (χ1) is 12.2. The number of nitrogens with zero attached hydrogens (tertiary/aromatic N) is 3. The fourth-order valence-electron chi connectivity index (χ4n) is 2.28. The van der Waals surface area contributed by atoms with E-state index in [4.69, 9.17) is 0 Å². The van der Waals surface area contributed by atoms with Crippen LogP contribution in [-0.4, -0.2) is 58.6 Å². The van der Waals surface area contributed by atoms with Crippen molar-refractivity contribution < 1.29 is 23.1 Å². The molecule has 1 unspecified atom stereocenters. The van der Waals surface area contributed by atoms with Crippen molar-refractivity contribution >= 4 is 21.9 Å². The number of sulfonamides is 1. The van der Waals surface area contributed by atoms with Crippen molar-refractivity contribution in [3.8, 4) is 5.69 Å². The fraction of sp³-hybridized carbons (Fsp3) is 0.312. The van der Waals surface area contributed by atoms with E-state index in [1.54, 1.807) is 24.3 Å². The van der Waals surface area contributed by atoms with Crippen LogP contribution in [0.3, 0.4) is 0 Å². The molecule has 0 saturated heterocycles. The number of para-hydroxylation sites is 1. The van der Waals surface area contributed by atoms with Gasteiger partial charge >= 0.3 is 5.97 Å². The zero-order chi connectivity index (χ0) is 19.3. The third kappa shape index (κ3) is 4.46. The molecule has 2 N–H and O–H groups in total. The second-order valence-electron chi connectivity index (χ2n) is 5.57. The highest BCUT2D eigenvalue weighted by molar-refractivity contribution is 7.89. The van der Waals surface area contributed by atoms with Crippen molar-refractivity contribution in [1.82, 2.24) is 19.4 Å². The van der Waals surface area contributed by atoms with Gasteiger partial charge in [0.1, 0.15) is 10.9 Å². The molecule has 0 bridgehead atoms. The summed E-state index contributed by atoms with van der Waals surface area (Å²) in [4.78, 5) is 22.2. The number of amides is 1. The van der Waals surface area contributed by atoms with Gasteiger partial charge in [0, 0.05) is 20.0 Å². The van der Waals surface area contributed by atoms with Gasteiger partial charge in [0.2, 0.25) is 15.9 Å². The number of benzene rings is 1. The quantitative estimate of drug-likeness (QED) is 0.687. The molecule has 0 spiro atoms. The Balaban J connectivity index is 2.32. The van der Waals surface area contributed by atoms with Gasteiger partial charge in [-0.1, -0.05) is 18.2 Å². The minimum atomic E-state index is -4.11. The normalized spacial score (nSPS) is 12.7. The SMILES string of the molecule is CC(=O)NCCN(C(C)C(=O)O)S(=O)(=O)c1cnn(-c2ccccc2)c1. The van der Waals surface area contributed by atoms with Gasteiger partial charge in [0.05, 0.1) is 18.1 Å². The maximum absolute atomic E-state index is 12.9. The molecule has 26 heavy (non-hydrogen) atoms. The molecule has 2 rings (SSSR count). The molecular formula is C16H20N4O5S. The highest BCUT2D eigenvalue weighted by Gasteiger charge is 2.33. The Hall–Kier alpha value is -2.72. The number of nitrogens with one attached hydrogen (secondary N) is 1. The van der Waals surface area contributed by atoms with Gasteiger partial charge < -0.3 is 10.4 Å². The summed E-state index contributed by atoms with van der Waals surface area (Å²) in [6.45, 7) is 2.39. The van der Waals surface area contributed by atoms with Crippen LogP contribution in [0.2, 0.25) is 0 Å². The molecule has 1 aromatic heterocycles. The topological polar surface area (TPSA) is 122 Å². The van der Waals surface area contributed by atoms with Crippen LogP contribution >= 0.6 is 0 Å². The van der Waals surface area contributed by atoms with Gasteiger partial charge in [-0.2, -0.15) is 9.40 Å². The van der Waals surface area contributed by atoms with Crippen LogP contribution in [0.1, 0.15) is 13.8 Å². The monoisotopic (exact) mass is 380 g/mol. The number of carboxylic acids is 1. The summed E-state index contributed by atoms with van der Waals surface area (Å²) in [7, 11) is -4.11. The summed E-state index contributed by atoms with van der Waals surface area (Å²) in [5.74, 6) is -1.62.